The molecule has 0 aliphatic heterocycles. The third kappa shape index (κ3) is 11.7. The van der Waals surface area contributed by atoms with Crippen molar-refractivity contribution in [1.82, 2.24) is 10.3 Å². The zero-order chi connectivity index (χ0) is 25.1. The van der Waals surface area contributed by atoms with Crippen molar-refractivity contribution in [2.24, 2.45) is 5.10 Å². The SMILES string of the molecule is CC.CC.CCCN(CCC)c1cc(/C=N/Nc2cc(C)ccc2C)nc(OCCNC)c1. The summed E-state index contributed by atoms with van der Waals surface area (Å²) in [4.78, 5) is 6.99. The number of aromatic nitrogens is 1. The second-order valence-corrected chi connectivity index (χ2v) is 7.22. The van der Waals surface area contributed by atoms with Crippen molar-refractivity contribution in [2.45, 2.75) is 68.2 Å². The second-order valence-electron chi connectivity index (χ2n) is 7.22. The molecule has 0 amide bonds. The molecule has 2 aromatic rings. The predicted octanol–water partition coefficient (Wildman–Crippen LogP) is 6.42. The number of nitrogens with one attached hydrogen (secondary N) is 2. The number of ether oxygens (including phenoxy) is 1. The maximum absolute atomic E-state index is 5.85. The molecule has 0 aliphatic carbocycles. The molecule has 186 valence electrons. The van der Waals surface area contributed by atoms with Gasteiger partial charge in [-0.2, -0.15) is 5.10 Å². The number of rotatable bonds is 12. The van der Waals surface area contributed by atoms with Gasteiger partial charge in [-0.25, -0.2) is 4.98 Å². The number of nitrogens with zero attached hydrogens (tertiary/aromatic N) is 3. The third-order valence-corrected chi connectivity index (χ3v) is 4.54. The van der Waals surface area contributed by atoms with Gasteiger partial charge in [-0.05, 0) is 57.0 Å². The monoisotopic (exact) mass is 457 g/mol. The van der Waals surface area contributed by atoms with Crippen LogP contribution < -0.4 is 20.4 Å². The van der Waals surface area contributed by atoms with E-state index in [4.69, 9.17) is 4.74 Å². The fourth-order valence-corrected chi connectivity index (χ4v) is 3.03. The average molecular weight is 458 g/mol. The van der Waals surface area contributed by atoms with Crippen LogP contribution in [0.5, 0.6) is 5.88 Å². The first kappa shape index (κ1) is 30.4. The van der Waals surface area contributed by atoms with Crippen LogP contribution in [0.4, 0.5) is 11.4 Å². The molecule has 0 fully saturated rings. The second kappa shape index (κ2) is 18.9. The molecule has 0 unspecified atom stereocenters. The van der Waals surface area contributed by atoms with Crippen molar-refractivity contribution in [3.8, 4) is 5.88 Å². The predicted molar refractivity (Wildman–Crippen MR) is 146 cm³/mol. The van der Waals surface area contributed by atoms with Gasteiger partial charge in [0.2, 0.25) is 5.88 Å². The molecule has 0 radical (unpaired) electrons. The summed E-state index contributed by atoms with van der Waals surface area (Å²) in [5.41, 5.74) is 8.39. The van der Waals surface area contributed by atoms with Crippen molar-refractivity contribution in [2.75, 3.05) is 43.6 Å². The lowest BCUT2D eigenvalue weighted by Gasteiger charge is -2.24. The minimum Gasteiger partial charge on any atom is -0.476 e. The fraction of sp³-hybridized carbons (Fsp3) is 0.556. The highest BCUT2D eigenvalue weighted by atomic mass is 16.5. The summed E-state index contributed by atoms with van der Waals surface area (Å²) >= 11 is 0. The fourth-order valence-electron chi connectivity index (χ4n) is 3.03. The Morgan fingerprint density at radius 2 is 1.67 bits per heavy atom. The molecule has 2 N–H and O–H groups in total. The van der Waals surface area contributed by atoms with E-state index in [1.54, 1.807) is 6.21 Å². The highest BCUT2D eigenvalue weighted by molar-refractivity contribution is 5.80. The maximum Gasteiger partial charge on any atom is 0.215 e. The topological polar surface area (TPSA) is 61.8 Å². The largest absolute Gasteiger partial charge is 0.476 e. The Balaban J connectivity index is 0.00000242. The van der Waals surface area contributed by atoms with Crippen molar-refractivity contribution < 1.29 is 4.74 Å². The van der Waals surface area contributed by atoms with Gasteiger partial charge in [0.05, 0.1) is 17.6 Å². The van der Waals surface area contributed by atoms with Crippen LogP contribution in [0.15, 0.2) is 35.4 Å². The lowest BCUT2D eigenvalue weighted by Crippen LogP contribution is -2.25. The summed E-state index contributed by atoms with van der Waals surface area (Å²) in [5.74, 6) is 0.628. The first-order valence-electron chi connectivity index (χ1n) is 12.5. The summed E-state index contributed by atoms with van der Waals surface area (Å²) in [6, 6.07) is 10.4. The van der Waals surface area contributed by atoms with Gasteiger partial charge in [-0.3, -0.25) is 5.43 Å². The van der Waals surface area contributed by atoms with E-state index in [0.29, 0.717) is 12.5 Å². The Hall–Kier alpha value is -2.60. The first-order chi connectivity index (χ1) is 16.1. The van der Waals surface area contributed by atoms with Crippen LogP contribution in [-0.2, 0) is 0 Å². The van der Waals surface area contributed by atoms with E-state index in [-0.39, 0.29) is 0 Å². The summed E-state index contributed by atoms with van der Waals surface area (Å²) in [6.07, 6.45) is 3.94. The Kier molecular flexibility index (Phi) is 17.4. The van der Waals surface area contributed by atoms with Crippen LogP contribution in [-0.4, -0.2) is 44.5 Å². The smallest absolute Gasteiger partial charge is 0.215 e. The molecule has 1 heterocycles. The van der Waals surface area contributed by atoms with Crippen LogP contribution in [0.3, 0.4) is 0 Å². The minimum absolute atomic E-state index is 0.575. The van der Waals surface area contributed by atoms with Gasteiger partial charge in [-0.1, -0.05) is 53.7 Å². The molecule has 0 spiro atoms. The molecule has 6 nitrogen and oxygen atoms in total. The van der Waals surface area contributed by atoms with Crippen LogP contribution in [0.2, 0.25) is 0 Å². The molecule has 0 aliphatic rings. The maximum atomic E-state index is 5.85. The number of likely N-dealkylation sites (N-methyl/N-ethyl adjacent to an activating group) is 1. The quantitative estimate of drug-likeness (QED) is 0.219. The van der Waals surface area contributed by atoms with E-state index >= 15 is 0 Å². The van der Waals surface area contributed by atoms with Gasteiger partial charge in [0.1, 0.15) is 6.61 Å². The van der Waals surface area contributed by atoms with Gasteiger partial charge in [0.25, 0.3) is 0 Å². The van der Waals surface area contributed by atoms with Crippen LogP contribution in [0.1, 0.15) is 71.2 Å². The Morgan fingerprint density at radius 1 is 1.00 bits per heavy atom. The number of hydrazone groups is 1. The van der Waals surface area contributed by atoms with Crippen molar-refractivity contribution >= 4 is 17.6 Å². The van der Waals surface area contributed by atoms with Gasteiger partial charge < -0.3 is 15.0 Å². The molecule has 0 saturated heterocycles. The lowest BCUT2D eigenvalue weighted by molar-refractivity contribution is 0.306. The first-order valence-corrected chi connectivity index (χ1v) is 12.5. The standard InChI is InChI=1S/C23H35N5O.2C2H6/c1-6-11-28(12-7-2)21-15-20(26-23(16-21)29-13-10-24-5)17-25-27-22-14-18(3)8-9-19(22)4;2*1-2/h8-9,14-17,24,27H,6-7,10-13H2,1-5H3;2*1-2H3/b25-17+;;. The van der Waals surface area contributed by atoms with Crippen molar-refractivity contribution in [3.05, 3.63) is 47.2 Å². The highest BCUT2D eigenvalue weighted by Gasteiger charge is 2.09. The zero-order valence-corrected chi connectivity index (χ0v) is 22.5. The van der Waals surface area contributed by atoms with Crippen molar-refractivity contribution in [3.63, 3.8) is 0 Å². The van der Waals surface area contributed by atoms with Crippen LogP contribution >= 0.6 is 0 Å². The lowest BCUT2D eigenvalue weighted by atomic mass is 10.1. The van der Waals surface area contributed by atoms with E-state index in [1.807, 2.05) is 40.8 Å². The van der Waals surface area contributed by atoms with E-state index in [1.165, 1.54) is 5.56 Å². The summed E-state index contributed by atoms with van der Waals surface area (Å²) in [7, 11) is 1.91. The molecule has 2 rings (SSSR count). The molecule has 1 aromatic heterocycles. The summed E-state index contributed by atoms with van der Waals surface area (Å²) < 4.78 is 5.85. The van der Waals surface area contributed by atoms with Gasteiger partial charge in [-0.15, -0.1) is 0 Å². The third-order valence-electron chi connectivity index (χ3n) is 4.54. The van der Waals surface area contributed by atoms with E-state index in [9.17, 15) is 0 Å². The number of anilines is 2. The van der Waals surface area contributed by atoms with Crippen LogP contribution in [0, 0.1) is 13.8 Å². The van der Waals surface area contributed by atoms with Gasteiger partial charge in [0.15, 0.2) is 0 Å². The molecule has 0 bridgehead atoms. The van der Waals surface area contributed by atoms with Gasteiger partial charge >= 0.3 is 0 Å². The number of aryl methyl sites for hydroxylation is 2. The zero-order valence-electron chi connectivity index (χ0n) is 22.5. The molecular formula is C27H47N5O. The normalized spacial score (nSPS) is 10.1. The molecule has 1 aromatic carbocycles. The average Bonchev–Trinajstić information content (AvgIpc) is 2.84. The number of hydrogen-bond acceptors (Lipinski definition) is 6. The Labute approximate surface area is 202 Å². The molecule has 0 saturated carbocycles. The van der Waals surface area contributed by atoms with E-state index < -0.39 is 0 Å². The van der Waals surface area contributed by atoms with E-state index in [0.717, 1.165) is 55.1 Å². The Bertz CT molecular complexity index is 786. The molecular weight excluding hydrogens is 410 g/mol. The number of benzene rings is 1. The number of pyridine rings is 1. The summed E-state index contributed by atoms with van der Waals surface area (Å²) in [6.45, 7) is 19.9. The van der Waals surface area contributed by atoms with Crippen molar-refractivity contribution in [1.29, 1.82) is 0 Å². The highest BCUT2D eigenvalue weighted by Crippen LogP contribution is 2.22. The molecule has 6 heteroatoms. The Morgan fingerprint density at radius 3 is 2.27 bits per heavy atom. The summed E-state index contributed by atoms with van der Waals surface area (Å²) in [5, 5.41) is 7.51. The van der Waals surface area contributed by atoms with Crippen LogP contribution in [0.25, 0.3) is 0 Å². The van der Waals surface area contributed by atoms with E-state index in [2.05, 4.69) is 77.7 Å². The van der Waals surface area contributed by atoms with Gasteiger partial charge in [0, 0.05) is 31.4 Å². The molecule has 0 atom stereocenters. The minimum atomic E-state index is 0.575. The number of hydrogen-bond donors (Lipinski definition) is 2. The molecule has 33 heavy (non-hydrogen) atoms.